The van der Waals surface area contributed by atoms with E-state index in [1.54, 1.807) is 0 Å². The summed E-state index contributed by atoms with van der Waals surface area (Å²) in [6, 6.07) is 22.1. The van der Waals surface area contributed by atoms with Crippen LogP contribution in [0.3, 0.4) is 0 Å². The summed E-state index contributed by atoms with van der Waals surface area (Å²) in [5.74, 6) is 0.960. The first-order valence-electron chi connectivity index (χ1n) is 12.6. The van der Waals surface area contributed by atoms with Crippen LogP contribution >= 0.6 is 11.8 Å². The summed E-state index contributed by atoms with van der Waals surface area (Å²) >= 11 is 1.87. The molecule has 0 N–H and O–H groups in total. The monoisotopic (exact) mass is 459 g/mol. The SMILES string of the molecule is CCCCCCCCCCOc1ccc(N2c3ccc(C)cc3Sc3cc(C)ccc32)cc1. The van der Waals surface area contributed by atoms with Gasteiger partial charge in [0.05, 0.1) is 18.0 Å². The lowest BCUT2D eigenvalue weighted by Gasteiger charge is -2.33. The summed E-state index contributed by atoms with van der Waals surface area (Å²) in [4.78, 5) is 4.99. The van der Waals surface area contributed by atoms with E-state index in [0.717, 1.165) is 18.8 Å². The molecule has 0 saturated heterocycles. The van der Waals surface area contributed by atoms with Crippen molar-refractivity contribution in [2.75, 3.05) is 11.5 Å². The van der Waals surface area contributed by atoms with Gasteiger partial charge in [0.15, 0.2) is 0 Å². The second-order valence-corrected chi connectivity index (χ2v) is 10.3. The number of unbranched alkanes of at least 4 members (excludes halogenated alkanes) is 7. The molecule has 0 radical (unpaired) electrons. The Labute approximate surface area is 204 Å². The first-order chi connectivity index (χ1) is 16.2. The van der Waals surface area contributed by atoms with E-state index in [1.807, 2.05) is 11.8 Å². The third kappa shape index (κ3) is 6.14. The molecule has 0 bridgehead atoms. The van der Waals surface area contributed by atoms with Crippen LogP contribution in [0.2, 0.25) is 0 Å². The maximum absolute atomic E-state index is 6.04. The van der Waals surface area contributed by atoms with Gasteiger partial charge in [0, 0.05) is 15.5 Å². The molecule has 0 saturated carbocycles. The molecule has 1 aliphatic heterocycles. The lowest BCUT2D eigenvalue weighted by atomic mass is 10.1. The molecule has 2 nitrogen and oxygen atoms in total. The molecule has 1 aliphatic rings. The zero-order valence-electron chi connectivity index (χ0n) is 20.4. The second-order valence-electron chi connectivity index (χ2n) is 9.20. The Hall–Kier alpha value is -2.39. The van der Waals surface area contributed by atoms with Crippen LogP contribution < -0.4 is 9.64 Å². The first kappa shape index (κ1) is 23.8. The Bertz CT molecular complexity index is 992. The van der Waals surface area contributed by atoms with Crippen molar-refractivity contribution < 1.29 is 4.74 Å². The predicted molar refractivity (Wildman–Crippen MR) is 143 cm³/mol. The summed E-state index contributed by atoms with van der Waals surface area (Å²) < 4.78 is 6.04. The van der Waals surface area contributed by atoms with Crippen molar-refractivity contribution in [1.82, 2.24) is 0 Å². The zero-order chi connectivity index (χ0) is 23.0. The van der Waals surface area contributed by atoms with E-state index in [-0.39, 0.29) is 0 Å². The highest BCUT2D eigenvalue weighted by Crippen LogP contribution is 2.51. The van der Waals surface area contributed by atoms with Crippen molar-refractivity contribution in [3.8, 4) is 5.75 Å². The number of aryl methyl sites for hydroxylation is 2. The molecule has 4 rings (SSSR count). The number of fused-ring (bicyclic) bond motifs is 2. The summed E-state index contributed by atoms with van der Waals surface area (Å²) in [6.07, 6.45) is 10.6. The highest BCUT2D eigenvalue weighted by atomic mass is 32.2. The van der Waals surface area contributed by atoms with Gasteiger partial charge in [-0.25, -0.2) is 0 Å². The Morgan fingerprint density at radius 3 is 1.79 bits per heavy atom. The van der Waals surface area contributed by atoms with Crippen LogP contribution in [-0.2, 0) is 0 Å². The Balaban J connectivity index is 1.39. The van der Waals surface area contributed by atoms with Gasteiger partial charge in [0.25, 0.3) is 0 Å². The maximum Gasteiger partial charge on any atom is 0.119 e. The molecular weight excluding hydrogens is 422 g/mol. The number of nitrogens with zero attached hydrogens (tertiary/aromatic N) is 1. The van der Waals surface area contributed by atoms with Crippen LogP contribution in [0, 0.1) is 13.8 Å². The molecular formula is C30H37NOS. The fourth-order valence-electron chi connectivity index (χ4n) is 4.42. The molecule has 3 heteroatoms. The Kier molecular flexibility index (Phi) is 8.39. The van der Waals surface area contributed by atoms with E-state index in [0.29, 0.717) is 0 Å². The Morgan fingerprint density at radius 1 is 0.667 bits per heavy atom. The number of hydrogen-bond donors (Lipinski definition) is 0. The van der Waals surface area contributed by atoms with Gasteiger partial charge in [-0.1, -0.05) is 75.8 Å². The van der Waals surface area contributed by atoms with Crippen LogP contribution in [0.5, 0.6) is 5.75 Å². The molecule has 0 unspecified atom stereocenters. The van der Waals surface area contributed by atoms with Gasteiger partial charge in [-0.2, -0.15) is 0 Å². The molecule has 174 valence electrons. The lowest BCUT2D eigenvalue weighted by Crippen LogP contribution is -2.15. The summed E-state index contributed by atoms with van der Waals surface area (Å²) in [5, 5.41) is 0. The summed E-state index contributed by atoms with van der Waals surface area (Å²) in [5.41, 5.74) is 6.25. The van der Waals surface area contributed by atoms with E-state index >= 15 is 0 Å². The van der Waals surface area contributed by atoms with E-state index in [1.165, 1.54) is 82.9 Å². The number of ether oxygens (including phenoxy) is 1. The van der Waals surface area contributed by atoms with Crippen molar-refractivity contribution in [2.45, 2.75) is 81.9 Å². The molecule has 0 fully saturated rings. The van der Waals surface area contributed by atoms with Crippen LogP contribution in [0.25, 0.3) is 0 Å². The number of benzene rings is 3. The van der Waals surface area contributed by atoms with Crippen molar-refractivity contribution in [3.05, 3.63) is 71.8 Å². The topological polar surface area (TPSA) is 12.5 Å². The predicted octanol–water partition coefficient (Wildman–Crippen LogP) is 9.76. The number of rotatable bonds is 11. The molecule has 0 spiro atoms. The zero-order valence-corrected chi connectivity index (χ0v) is 21.2. The summed E-state index contributed by atoms with van der Waals surface area (Å²) in [7, 11) is 0. The van der Waals surface area contributed by atoms with Gasteiger partial charge in [0.2, 0.25) is 0 Å². The average molecular weight is 460 g/mol. The van der Waals surface area contributed by atoms with Crippen LogP contribution in [-0.4, -0.2) is 6.61 Å². The van der Waals surface area contributed by atoms with E-state index in [2.05, 4.69) is 86.3 Å². The third-order valence-corrected chi connectivity index (χ3v) is 7.39. The van der Waals surface area contributed by atoms with Crippen LogP contribution in [0.1, 0.15) is 69.4 Å². The highest BCUT2D eigenvalue weighted by Gasteiger charge is 2.25. The molecule has 1 heterocycles. The molecule has 0 amide bonds. The lowest BCUT2D eigenvalue weighted by molar-refractivity contribution is 0.304. The minimum atomic E-state index is 0.804. The quantitative estimate of drug-likeness (QED) is 0.207. The van der Waals surface area contributed by atoms with E-state index in [9.17, 15) is 0 Å². The molecule has 0 aromatic heterocycles. The second kappa shape index (κ2) is 11.7. The average Bonchev–Trinajstić information content (AvgIpc) is 2.82. The third-order valence-electron chi connectivity index (χ3n) is 6.29. The minimum Gasteiger partial charge on any atom is -0.494 e. The fraction of sp³-hybridized carbons (Fsp3) is 0.400. The normalized spacial score (nSPS) is 12.4. The van der Waals surface area contributed by atoms with Crippen LogP contribution in [0.4, 0.5) is 17.1 Å². The molecule has 3 aromatic rings. The smallest absolute Gasteiger partial charge is 0.119 e. The van der Waals surface area contributed by atoms with Gasteiger partial charge < -0.3 is 9.64 Å². The van der Waals surface area contributed by atoms with Crippen molar-refractivity contribution in [1.29, 1.82) is 0 Å². The van der Waals surface area contributed by atoms with Gasteiger partial charge in [-0.3, -0.25) is 0 Å². The first-order valence-corrected chi connectivity index (χ1v) is 13.4. The number of anilines is 3. The molecule has 0 aliphatic carbocycles. The minimum absolute atomic E-state index is 0.804. The largest absolute Gasteiger partial charge is 0.494 e. The highest BCUT2D eigenvalue weighted by molar-refractivity contribution is 7.99. The maximum atomic E-state index is 6.04. The van der Waals surface area contributed by atoms with E-state index < -0.39 is 0 Å². The van der Waals surface area contributed by atoms with Crippen molar-refractivity contribution in [3.63, 3.8) is 0 Å². The Morgan fingerprint density at radius 2 is 1.21 bits per heavy atom. The van der Waals surface area contributed by atoms with Gasteiger partial charge in [-0.15, -0.1) is 0 Å². The van der Waals surface area contributed by atoms with Gasteiger partial charge in [-0.05, 0) is 79.9 Å². The number of hydrogen-bond acceptors (Lipinski definition) is 3. The standard InChI is InChI=1S/C30H37NOS/c1-4-5-6-7-8-9-10-11-20-32-26-16-14-25(15-17-26)31-27-18-12-23(2)21-29(27)33-30-22-24(3)13-19-28(30)31/h12-19,21-22H,4-11,20H2,1-3H3. The molecule has 0 atom stereocenters. The van der Waals surface area contributed by atoms with Gasteiger partial charge in [0.1, 0.15) is 5.75 Å². The molecule has 3 aromatic carbocycles. The fourth-order valence-corrected chi connectivity index (χ4v) is 5.67. The van der Waals surface area contributed by atoms with Gasteiger partial charge >= 0.3 is 0 Å². The molecule has 33 heavy (non-hydrogen) atoms. The summed E-state index contributed by atoms with van der Waals surface area (Å²) in [6.45, 7) is 7.40. The van der Waals surface area contributed by atoms with E-state index in [4.69, 9.17) is 4.74 Å². The van der Waals surface area contributed by atoms with Crippen molar-refractivity contribution in [2.24, 2.45) is 0 Å². The van der Waals surface area contributed by atoms with Crippen molar-refractivity contribution >= 4 is 28.8 Å². The van der Waals surface area contributed by atoms with Crippen LogP contribution in [0.15, 0.2) is 70.5 Å².